The molecule has 0 aliphatic rings. The Morgan fingerprint density at radius 3 is 2.85 bits per heavy atom. The highest BCUT2D eigenvalue weighted by atomic mass is 19.1. The van der Waals surface area contributed by atoms with E-state index in [-0.39, 0.29) is 5.82 Å². The number of benzene rings is 2. The van der Waals surface area contributed by atoms with Crippen molar-refractivity contribution in [2.75, 3.05) is 6.54 Å². The molecule has 0 fully saturated rings. The molecule has 20 heavy (non-hydrogen) atoms. The Morgan fingerprint density at radius 2 is 2.05 bits per heavy atom. The van der Waals surface area contributed by atoms with Gasteiger partial charge in [0, 0.05) is 5.56 Å². The van der Waals surface area contributed by atoms with Crippen LogP contribution in [0.25, 0.3) is 22.6 Å². The molecule has 0 saturated heterocycles. The van der Waals surface area contributed by atoms with Gasteiger partial charge in [0.2, 0.25) is 5.89 Å². The van der Waals surface area contributed by atoms with E-state index in [0.29, 0.717) is 23.6 Å². The van der Waals surface area contributed by atoms with Crippen molar-refractivity contribution in [2.24, 2.45) is 5.73 Å². The third-order valence-corrected chi connectivity index (χ3v) is 3.19. The average Bonchev–Trinajstić information content (AvgIpc) is 2.88. The van der Waals surface area contributed by atoms with Gasteiger partial charge < -0.3 is 10.2 Å². The number of fused-ring (bicyclic) bond motifs is 1. The van der Waals surface area contributed by atoms with Gasteiger partial charge in [-0.1, -0.05) is 12.1 Å². The predicted octanol–water partition coefficient (Wildman–Crippen LogP) is 3.53. The van der Waals surface area contributed by atoms with Crippen molar-refractivity contribution >= 4 is 11.1 Å². The van der Waals surface area contributed by atoms with Gasteiger partial charge >= 0.3 is 0 Å². The first-order valence-electron chi connectivity index (χ1n) is 6.62. The minimum atomic E-state index is -0.298. The molecular weight excluding hydrogens is 255 g/mol. The van der Waals surface area contributed by atoms with Crippen LogP contribution in [-0.2, 0) is 6.42 Å². The molecule has 3 aromatic rings. The number of aryl methyl sites for hydroxylation is 1. The molecule has 1 heterocycles. The molecule has 4 heteroatoms. The fourth-order valence-electron chi connectivity index (χ4n) is 2.18. The van der Waals surface area contributed by atoms with Crippen molar-refractivity contribution in [2.45, 2.75) is 12.8 Å². The molecular formula is C16H15FN2O. The molecule has 0 aliphatic carbocycles. The molecule has 102 valence electrons. The van der Waals surface area contributed by atoms with Crippen molar-refractivity contribution in [1.82, 2.24) is 4.98 Å². The predicted molar refractivity (Wildman–Crippen MR) is 76.8 cm³/mol. The molecule has 0 bridgehead atoms. The molecule has 0 atom stereocenters. The second-order valence-corrected chi connectivity index (χ2v) is 4.72. The van der Waals surface area contributed by atoms with Gasteiger partial charge in [0.25, 0.3) is 0 Å². The van der Waals surface area contributed by atoms with Crippen LogP contribution >= 0.6 is 0 Å². The van der Waals surface area contributed by atoms with Crippen LogP contribution in [0.15, 0.2) is 46.9 Å². The summed E-state index contributed by atoms with van der Waals surface area (Å²) in [7, 11) is 0. The molecule has 3 rings (SSSR count). The van der Waals surface area contributed by atoms with Gasteiger partial charge in [-0.3, -0.25) is 0 Å². The Kier molecular flexibility index (Phi) is 3.48. The highest BCUT2D eigenvalue weighted by molar-refractivity contribution is 5.76. The number of nitrogens with zero attached hydrogens (tertiary/aromatic N) is 1. The Balaban J connectivity index is 1.98. The summed E-state index contributed by atoms with van der Waals surface area (Å²) in [5, 5.41) is 0. The average molecular weight is 270 g/mol. The lowest BCUT2D eigenvalue weighted by atomic mass is 10.1. The van der Waals surface area contributed by atoms with E-state index >= 15 is 0 Å². The standard InChI is InChI=1S/C16H15FN2O/c17-13-5-1-4-12(10-13)16-19-14-9-11(3-2-8-18)6-7-15(14)20-16/h1,4-7,9-10H,2-3,8,18H2. The fourth-order valence-corrected chi connectivity index (χ4v) is 2.18. The maximum absolute atomic E-state index is 13.2. The molecule has 0 aliphatic heterocycles. The SMILES string of the molecule is NCCCc1ccc2oc(-c3cccc(F)c3)nc2c1. The number of rotatable bonds is 4. The molecule has 2 aromatic carbocycles. The smallest absolute Gasteiger partial charge is 0.227 e. The molecule has 0 spiro atoms. The summed E-state index contributed by atoms with van der Waals surface area (Å²) in [4.78, 5) is 4.43. The molecule has 0 radical (unpaired) electrons. The van der Waals surface area contributed by atoms with Gasteiger partial charge in [0.15, 0.2) is 5.58 Å². The van der Waals surface area contributed by atoms with E-state index in [1.165, 1.54) is 17.7 Å². The van der Waals surface area contributed by atoms with E-state index in [1.807, 2.05) is 18.2 Å². The van der Waals surface area contributed by atoms with Crippen LogP contribution in [0, 0.1) is 5.82 Å². The van der Waals surface area contributed by atoms with Crippen LogP contribution in [0.2, 0.25) is 0 Å². The lowest BCUT2D eigenvalue weighted by molar-refractivity contribution is 0.611. The van der Waals surface area contributed by atoms with Gasteiger partial charge in [-0.25, -0.2) is 9.37 Å². The topological polar surface area (TPSA) is 52.0 Å². The summed E-state index contributed by atoms with van der Waals surface area (Å²) in [5.74, 6) is 0.142. The Labute approximate surface area is 116 Å². The van der Waals surface area contributed by atoms with Gasteiger partial charge in [-0.2, -0.15) is 0 Å². The number of nitrogens with two attached hydrogens (primary N) is 1. The van der Waals surface area contributed by atoms with Crippen LogP contribution < -0.4 is 5.73 Å². The van der Waals surface area contributed by atoms with Crippen LogP contribution in [0.3, 0.4) is 0 Å². The third-order valence-electron chi connectivity index (χ3n) is 3.19. The van der Waals surface area contributed by atoms with Crippen LogP contribution in [0.1, 0.15) is 12.0 Å². The molecule has 0 saturated carbocycles. The van der Waals surface area contributed by atoms with Crippen LogP contribution in [-0.4, -0.2) is 11.5 Å². The van der Waals surface area contributed by atoms with E-state index < -0.39 is 0 Å². The lowest BCUT2D eigenvalue weighted by Gasteiger charge is -1.97. The molecule has 3 nitrogen and oxygen atoms in total. The number of hydrogen-bond acceptors (Lipinski definition) is 3. The number of halogens is 1. The third kappa shape index (κ3) is 2.56. The summed E-state index contributed by atoms with van der Waals surface area (Å²) in [6.07, 6.45) is 1.87. The number of hydrogen-bond donors (Lipinski definition) is 1. The number of oxazole rings is 1. The first kappa shape index (κ1) is 12.8. The summed E-state index contributed by atoms with van der Waals surface area (Å²) in [5.41, 5.74) is 8.84. The van der Waals surface area contributed by atoms with E-state index in [4.69, 9.17) is 10.2 Å². The minimum absolute atomic E-state index is 0.298. The summed E-state index contributed by atoms with van der Waals surface area (Å²) in [6.45, 7) is 0.672. The van der Waals surface area contributed by atoms with Crippen molar-refractivity contribution in [3.8, 4) is 11.5 Å². The molecule has 0 amide bonds. The Bertz CT molecular complexity index is 736. The van der Waals surface area contributed by atoms with E-state index in [9.17, 15) is 4.39 Å². The zero-order chi connectivity index (χ0) is 13.9. The minimum Gasteiger partial charge on any atom is -0.436 e. The van der Waals surface area contributed by atoms with Crippen LogP contribution in [0.5, 0.6) is 0 Å². The Hall–Kier alpha value is -2.20. The maximum Gasteiger partial charge on any atom is 0.227 e. The highest BCUT2D eigenvalue weighted by Gasteiger charge is 2.09. The lowest BCUT2D eigenvalue weighted by Crippen LogP contribution is -2.00. The van der Waals surface area contributed by atoms with Crippen molar-refractivity contribution in [3.05, 3.63) is 53.8 Å². The molecule has 2 N–H and O–H groups in total. The highest BCUT2D eigenvalue weighted by Crippen LogP contribution is 2.25. The van der Waals surface area contributed by atoms with E-state index in [0.717, 1.165) is 18.4 Å². The van der Waals surface area contributed by atoms with E-state index in [2.05, 4.69) is 4.98 Å². The van der Waals surface area contributed by atoms with Gasteiger partial charge in [-0.05, 0) is 55.3 Å². The monoisotopic (exact) mass is 270 g/mol. The first-order chi connectivity index (χ1) is 9.76. The van der Waals surface area contributed by atoms with Gasteiger partial charge in [0.1, 0.15) is 11.3 Å². The quantitative estimate of drug-likeness (QED) is 0.789. The zero-order valence-electron chi connectivity index (χ0n) is 11.0. The fraction of sp³-hybridized carbons (Fsp3) is 0.188. The van der Waals surface area contributed by atoms with E-state index in [1.54, 1.807) is 12.1 Å². The first-order valence-corrected chi connectivity index (χ1v) is 6.62. The number of aromatic nitrogens is 1. The molecule has 1 aromatic heterocycles. The summed E-state index contributed by atoms with van der Waals surface area (Å²) in [6, 6.07) is 12.2. The maximum atomic E-state index is 13.2. The van der Waals surface area contributed by atoms with Crippen molar-refractivity contribution in [1.29, 1.82) is 0 Å². The largest absolute Gasteiger partial charge is 0.436 e. The second kappa shape index (κ2) is 5.43. The van der Waals surface area contributed by atoms with Crippen molar-refractivity contribution < 1.29 is 8.81 Å². The van der Waals surface area contributed by atoms with Crippen molar-refractivity contribution in [3.63, 3.8) is 0 Å². The normalized spacial score (nSPS) is 11.1. The van der Waals surface area contributed by atoms with Crippen LogP contribution in [0.4, 0.5) is 4.39 Å². The van der Waals surface area contributed by atoms with Gasteiger partial charge in [-0.15, -0.1) is 0 Å². The summed E-state index contributed by atoms with van der Waals surface area (Å²) < 4.78 is 18.9. The zero-order valence-corrected chi connectivity index (χ0v) is 11.0. The molecule has 0 unspecified atom stereocenters. The Morgan fingerprint density at radius 1 is 1.15 bits per heavy atom. The summed E-state index contributed by atoms with van der Waals surface area (Å²) >= 11 is 0. The van der Waals surface area contributed by atoms with Gasteiger partial charge in [0.05, 0.1) is 0 Å². The second-order valence-electron chi connectivity index (χ2n) is 4.72.